The number of nitrogens with zero attached hydrogens (tertiary/aromatic N) is 2. The van der Waals surface area contributed by atoms with Gasteiger partial charge in [-0.2, -0.15) is 0 Å². The third-order valence-electron chi connectivity index (χ3n) is 5.64. The SMILES string of the molecule is CC(C)COc1ccc(/C(O)=C2/C(=O)C(=O)N(CC3CCCO3)C2c2ccccn2)cc1. The summed E-state index contributed by atoms with van der Waals surface area (Å²) in [4.78, 5) is 31.8. The maximum absolute atomic E-state index is 13.0. The smallest absolute Gasteiger partial charge is 0.295 e. The molecule has 2 aliphatic heterocycles. The number of Topliss-reactive ketones (excluding diaryl/α,β-unsaturated/α-hetero) is 1. The van der Waals surface area contributed by atoms with Crippen molar-refractivity contribution in [3.63, 3.8) is 0 Å². The van der Waals surface area contributed by atoms with E-state index in [4.69, 9.17) is 9.47 Å². The lowest BCUT2D eigenvalue weighted by Crippen LogP contribution is -2.36. The minimum atomic E-state index is -0.766. The van der Waals surface area contributed by atoms with Crippen molar-refractivity contribution in [3.8, 4) is 5.75 Å². The lowest BCUT2D eigenvalue weighted by Gasteiger charge is -2.26. The fourth-order valence-corrected chi connectivity index (χ4v) is 4.05. The zero-order valence-electron chi connectivity index (χ0n) is 18.4. The summed E-state index contributed by atoms with van der Waals surface area (Å²) in [7, 11) is 0. The van der Waals surface area contributed by atoms with E-state index in [1.807, 2.05) is 0 Å². The molecular formula is C25H28N2O5. The zero-order chi connectivity index (χ0) is 22.7. The van der Waals surface area contributed by atoms with Gasteiger partial charge in [0.25, 0.3) is 11.7 Å². The normalized spacial score (nSPS) is 22.7. The van der Waals surface area contributed by atoms with Crippen molar-refractivity contribution in [3.05, 3.63) is 65.5 Å². The first-order valence-corrected chi connectivity index (χ1v) is 11.0. The molecule has 0 saturated carbocycles. The van der Waals surface area contributed by atoms with Crippen LogP contribution in [0.1, 0.15) is 44.0 Å². The molecule has 2 atom stereocenters. The number of rotatable bonds is 7. The van der Waals surface area contributed by atoms with Gasteiger partial charge in [0.1, 0.15) is 17.6 Å². The average molecular weight is 437 g/mol. The topological polar surface area (TPSA) is 89.0 Å². The second-order valence-corrected chi connectivity index (χ2v) is 8.57. The Kier molecular flexibility index (Phi) is 6.55. The fraction of sp³-hybridized carbons (Fsp3) is 0.400. The number of carbonyl (C=O) groups excluding carboxylic acids is 2. The Balaban J connectivity index is 1.70. The fourth-order valence-electron chi connectivity index (χ4n) is 4.05. The Bertz CT molecular complexity index is 995. The largest absolute Gasteiger partial charge is 0.507 e. The van der Waals surface area contributed by atoms with Crippen LogP contribution < -0.4 is 4.74 Å². The first kappa shape index (κ1) is 22.0. The number of carbonyl (C=O) groups is 2. The molecule has 0 bridgehead atoms. The molecule has 1 N–H and O–H groups in total. The number of aliphatic hydroxyl groups is 1. The monoisotopic (exact) mass is 436 g/mol. The lowest BCUT2D eigenvalue weighted by atomic mass is 9.98. The van der Waals surface area contributed by atoms with Crippen molar-refractivity contribution in [1.29, 1.82) is 0 Å². The van der Waals surface area contributed by atoms with Crippen LogP contribution in [0.25, 0.3) is 5.76 Å². The Hall–Kier alpha value is -3.19. The number of aliphatic hydroxyl groups excluding tert-OH is 1. The maximum Gasteiger partial charge on any atom is 0.295 e. The number of hydrogen-bond donors (Lipinski definition) is 1. The summed E-state index contributed by atoms with van der Waals surface area (Å²) < 4.78 is 11.4. The number of aromatic nitrogens is 1. The zero-order valence-corrected chi connectivity index (χ0v) is 18.4. The van der Waals surface area contributed by atoms with Gasteiger partial charge in [-0.05, 0) is 55.2 Å². The summed E-state index contributed by atoms with van der Waals surface area (Å²) in [6, 6.07) is 11.4. The van der Waals surface area contributed by atoms with E-state index in [2.05, 4.69) is 18.8 Å². The van der Waals surface area contributed by atoms with E-state index in [9.17, 15) is 14.7 Å². The molecule has 168 valence electrons. The van der Waals surface area contributed by atoms with E-state index >= 15 is 0 Å². The minimum Gasteiger partial charge on any atom is -0.507 e. The number of ether oxygens (including phenoxy) is 2. The minimum absolute atomic E-state index is 0.0440. The molecule has 1 amide bonds. The number of pyridine rings is 1. The molecule has 2 aliphatic rings. The Morgan fingerprint density at radius 1 is 1.22 bits per heavy atom. The molecule has 0 radical (unpaired) electrons. The van der Waals surface area contributed by atoms with Gasteiger partial charge in [-0.1, -0.05) is 19.9 Å². The number of amides is 1. The summed E-state index contributed by atoms with van der Waals surface area (Å²) in [6.07, 6.45) is 3.24. The molecule has 0 aliphatic carbocycles. The van der Waals surface area contributed by atoms with E-state index in [0.717, 1.165) is 12.8 Å². The molecule has 2 fully saturated rings. The Morgan fingerprint density at radius 2 is 2.00 bits per heavy atom. The van der Waals surface area contributed by atoms with Gasteiger partial charge in [0.05, 0.1) is 24.0 Å². The molecular weight excluding hydrogens is 408 g/mol. The van der Waals surface area contributed by atoms with Crippen molar-refractivity contribution in [2.24, 2.45) is 5.92 Å². The molecule has 3 heterocycles. The molecule has 2 saturated heterocycles. The summed E-state index contributed by atoms with van der Waals surface area (Å²) in [5, 5.41) is 11.1. The highest BCUT2D eigenvalue weighted by Gasteiger charge is 2.47. The third-order valence-corrected chi connectivity index (χ3v) is 5.64. The van der Waals surface area contributed by atoms with E-state index in [1.54, 1.807) is 48.7 Å². The van der Waals surface area contributed by atoms with Crippen molar-refractivity contribution in [1.82, 2.24) is 9.88 Å². The summed E-state index contributed by atoms with van der Waals surface area (Å²) >= 11 is 0. The molecule has 7 nitrogen and oxygen atoms in total. The van der Waals surface area contributed by atoms with E-state index in [0.29, 0.717) is 36.1 Å². The molecule has 2 unspecified atom stereocenters. The van der Waals surface area contributed by atoms with Crippen LogP contribution in [0, 0.1) is 5.92 Å². The van der Waals surface area contributed by atoms with Crippen LogP contribution in [0.4, 0.5) is 0 Å². The first-order chi connectivity index (χ1) is 15.5. The van der Waals surface area contributed by atoms with Gasteiger partial charge in [0, 0.05) is 24.9 Å². The molecule has 7 heteroatoms. The van der Waals surface area contributed by atoms with Crippen LogP contribution in [0.2, 0.25) is 0 Å². The van der Waals surface area contributed by atoms with Crippen molar-refractivity contribution in [2.75, 3.05) is 19.8 Å². The molecule has 1 aromatic carbocycles. The van der Waals surface area contributed by atoms with Gasteiger partial charge < -0.3 is 19.5 Å². The maximum atomic E-state index is 13.0. The molecule has 4 rings (SSSR count). The number of likely N-dealkylation sites (tertiary alicyclic amines) is 1. The van der Waals surface area contributed by atoms with E-state index in [1.165, 1.54) is 4.90 Å². The second kappa shape index (κ2) is 9.53. The van der Waals surface area contributed by atoms with Gasteiger partial charge in [-0.3, -0.25) is 14.6 Å². The van der Waals surface area contributed by atoms with Gasteiger partial charge in [0.2, 0.25) is 0 Å². The van der Waals surface area contributed by atoms with E-state index < -0.39 is 17.7 Å². The first-order valence-electron chi connectivity index (χ1n) is 11.0. The lowest BCUT2D eigenvalue weighted by molar-refractivity contribution is -0.140. The molecule has 2 aromatic rings. The number of ketones is 1. The van der Waals surface area contributed by atoms with Crippen LogP contribution in [0.3, 0.4) is 0 Å². The van der Waals surface area contributed by atoms with Crippen molar-refractivity contribution < 1.29 is 24.2 Å². The highest BCUT2D eigenvalue weighted by molar-refractivity contribution is 6.46. The number of hydrogen-bond acceptors (Lipinski definition) is 6. The number of benzene rings is 1. The van der Waals surface area contributed by atoms with Crippen LogP contribution in [0.15, 0.2) is 54.2 Å². The van der Waals surface area contributed by atoms with Crippen LogP contribution in [-0.4, -0.2) is 52.5 Å². The molecule has 32 heavy (non-hydrogen) atoms. The highest BCUT2D eigenvalue weighted by atomic mass is 16.5. The summed E-state index contributed by atoms with van der Waals surface area (Å²) in [5.41, 5.74) is 1.02. The van der Waals surface area contributed by atoms with Crippen LogP contribution in [-0.2, 0) is 14.3 Å². The third kappa shape index (κ3) is 4.53. The van der Waals surface area contributed by atoms with Gasteiger partial charge >= 0.3 is 0 Å². The van der Waals surface area contributed by atoms with Gasteiger partial charge in [0.15, 0.2) is 0 Å². The van der Waals surface area contributed by atoms with Gasteiger partial charge in [-0.15, -0.1) is 0 Å². The second-order valence-electron chi connectivity index (χ2n) is 8.57. The molecule has 0 spiro atoms. The highest BCUT2D eigenvalue weighted by Crippen LogP contribution is 2.39. The average Bonchev–Trinajstić information content (AvgIpc) is 3.40. The predicted molar refractivity (Wildman–Crippen MR) is 119 cm³/mol. The van der Waals surface area contributed by atoms with Crippen molar-refractivity contribution >= 4 is 17.4 Å². The van der Waals surface area contributed by atoms with Crippen LogP contribution in [0.5, 0.6) is 5.75 Å². The predicted octanol–water partition coefficient (Wildman–Crippen LogP) is 3.72. The Morgan fingerprint density at radius 3 is 2.62 bits per heavy atom. The quantitative estimate of drug-likeness (QED) is 0.404. The Labute approximate surface area is 187 Å². The van der Waals surface area contributed by atoms with Crippen molar-refractivity contribution in [2.45, 2.75) is 38.8 Å². The summed E-state index contributed by atoms with van der Waals surface area (Å²) in [5.74, 6) is -0.508. The summed E-state index contributed by atoms with van der Waals surface area (Å²) in [6.45, 7) is 5.64. The molecule has 1 aromatic heterocycles. The van der Waals surface area contributed by atoms with Crippen LogP contribution >= 0.6 is 0 Å². The van der Waals surface area contributed by atoms with Gasteiger partial charge in [-0.25, -0.2) is 0 Å². The standard InChI is InChI=1S/C25H28N2O5/c1-16(2)15-32-18-10-8-17(9-11-18)23(28)21-22(20-7-3-4-12-26-20)27(25(30)24(21)29)14-19-6-5-13-31-19/h3-4,7-12,16,19,22,28H,5-6,13-15H2,1-2H3/b23-21-. The van der Waals surface area contributed by atoms with E-state index in [-0.39, 0.29) is 24.0 Å².